The van der Waals surface area contributed by atoms with Crippen LogP contribution in [-0.4, -0.2) is 29.8 Å². The minimum Gasteiger partial charge on any atom is -0.462 e. The van der Waals surface area contributed by atoms with E-state index >= 15 is 0 Å². The number of aryl methyl sites for hydroxylation is 1. The lowest BCUT2D eigenvalue weighted by atomic mass is 9.97. The normalized spacial score (nSPS) is 17.6. The first-order valence-electron chi connectivity index (χ1n) is 8.51. The zero-order valence-electron chi connectivity index (χ0n) is 14.3. The second-order valence-electron chi connectivity index (χ2n) is 6.26. The number of piperidine rings is 1. The minimum atomic E-state index is -0.183. The third-order valence-electron chi connectivity index (χ3n) is 4.30. The average Bonchev–Trinajstić information content (AvgIpc) is 3.06. The Morgan fingerprint density at radius 3 is 2.72 bits per heavy atom. The van der Waals surface area contributed by atoms with Crippen LogP contribution in [0.15, 0.2) is 53.0 Å². The van der Waals surface area contributed by atoms with Crippen LogP contribution in [0.1, 0.15) is 24.4 Å². The Morgan fingerprint density at radius 2 is 2.00 bits per heavy atom. The lowest BCUT2D eigenvalue weighted by molar-refractivity contribution is -0.130. The zero-order valence-corrected chi connectivity index (χ0v) is 14.3. The van der Waals surface area contributed by atoms with E-state index < -0.39 is 0 Å². The highest BCUT2D eigenvalue weighted by atomic mass is 16.3. The first-order valence-corrected chi connectivity index (χ1v) is 8.51. The maximum Gasteiger partial charge on any atom is 0.246 e. The molecule has 130 valence electrons. The summed E-state index contributed by atoms with van der Waals surface area (Å²) in [6.07, 6.45) is 4.80. The second kappa shape index (κ2) is 7.83. The van der Waals surface area contributed by atoms with Crippen LogP contribution < -0.4 is 5.32 Å². The van der Waals surface area contributed by atoms with Crippen molar-refractivity contribution in [2.75, 3.05) is 18.4 Å². The molecule has 1 aliphatic rings. The number of carbonyl (C=O) groups excluding carboxylic acids is 2. The van der Waals surface area contributed by atoms with Gasteiger partial charge >= 0.3 is 0 Å². The largest absolute Gasteiger partial charge is 0.462 e. The third kappa shape index (κ3) is 4.59. The van der Waals surface area contributed by atoms with Crippen molar-refractivity contribution in [2.45, 2.75) is 19.8 Å². The number of carbonyl (C=O) groups is 2. The van der Waals surface area contributed by atoms with E-state index in [9.17, 15) is 9.59 Å². The molecule has 2 aromatic rings. The number of para-hydroxylation sites is 1. The molecule has 5 heteroatoms. The number of amides is 2. The van der Waals surface area contributed by atoms with E-state index in [4.69, 9.17) is 4.42 Å². The second-order valence-corrected chi connectivity index (χ2v) is 6.26. The first kappa shape index (κ1) is 17.0. The van der Waals surface area contributed by atoms with Crippen LogP contribution in [0.5, 0.6) is 0 Å². The molecule has 0 bridgehead atoms. The summed E-state index contributed by atoms with van der Waals surface area (Å²) in [5, 5.41) is 2.92. The van der Waals surface area contributed by atoms with Crippen LogP contribution in [-0.2, 0) is 9.59 Å². The molecule has 1 aromatic carbocycles. The van der Waals surface area contributed by atoms with Crippen molar-refractivity contribution >= 4 is 23.6 Å². The smallest absolute Gasteiger partial charge is 0.246 e. The summed E-state index contributed by atoms with van der Waals surface area (Å²) >= 11 is 0. The Hall–Kier alpha value is -2.82. The number of hydrogen-bond acceptors (Lipinski definition) is 3. The van der Waals surface area contributed by atoms with E-state index in [1.54, 1.807) is 11.0 Å². The van der Waals surface area contributed by atoms with Crippen molar-refractivity contribution in [3.05, 3.63) is 60.1 Å². The molecular weight excluding hydrogens is 316 g/mol. The lowest BCUT2D eigenvalue weighted by Crippen LogP contribution is -2.43. The lowest BCUT2D eigenvalue weighted by Gasteiger charge is -2.31. The van der Waals surface area contributed by atoms with E-state index in [1.165, 1.54) is 6.08 Å². The highest BCUT2D eigenvalue weighted by Crippen LogP contribution is 2.19. The molecule has 1 aliphatic heterocycles. The Kier molecular flexibility index (Phi) is 5.33. The van der Waals surface area contributed by atoms with Gasteiger partial charge in [-0.3, -0.25) is 9.59 Å². The molecule has 0 radical (unpaired) electrons. The Labute approximate surface area is 147 Å². The summed E-state index contributed by atoms with van der Waals surface area (Å²) in [5.41, 5.74) is 0.782. The van der Waals surface area contributed by atoms with Gasteiger partial charge in [-0.05, 0) is 50.1 Å². The summed E-state index contributed by atoms with van der Waals surface area (Å²) in [6.45, 7) is 2.98. The fourth-order valence-electron chi connectivity index (χ4n) is 2.96. The number of benzene rings is 1. The van der Waals surface area contributed by atoms with Gasteiger partial charge in [0.15, 0.2) is 0 Å². The quantitative estimate of drug-likeness (QED) is 0.868. The molecule has 1 atom stereocenters. The summed E-state index contributed by atoms with van der Waals surface area (Å²) in [6, 6.07) is 13.1. The monoisotopic (exact) mass is 338 g/mol. The Morgan fingerprint density at radius 1 is 1.20 bits per heavy atom. The van der Waals surface area contributed by atoms with E-state index in [1.807, 2.05) is 49.4 Å². The molecule has 0 spiro atoms. The number of furan rings is 1. The molecule has 1 saturated heterocycles. The SMILES string of the molecule is Cc1ccc(C=CC(=O)N2CCCC(C(=O)Nc3ccccc3)C2)o1. The van der Waals surface area contributed by atoms with E-state index in [0.717, 1.165) is 24.3 Å². The first-order chi connectivity index (χ1) is 12.1. The van der Waals surface area contributed by atoms with E-state index in [2.05, 4.69) is 5.32 Å². The van der Waals surface area contributed by atoms with Gasteiger partial charge in [-0.15, -0.1) is 0 Å². The summed E-state index contributed by atoms with van der Waals surface area (Å²) < 4.78 is 5.43. The van der Waals surface area contributed by atoms with Crippen LogP contribution >= 0.6 is 0 Å². The maximum atomic E-state index is 12.4. The van der Waals surface area contributed by atoms with Gasteiger partial charge in [-0.25, -0.2) is 0 Å². The predicted octanol–water partition coefficient (Wildman–Crippen LogP) is 3.48. The third-order valence-corrected chi connectivity index (χ3v) is 4.30. The summed E-state index contributed by atoms with van der Waals surface area (Å²) in [7, 11) is 0. The maximum absolute atomic E-state index is 12.4. The van der Waals surface area contributed by atoms with Gasteiger partial charge in [0.2, 0.25) is 11.8 Å². The molecule has 1 aromatic heterocycles. The van der Waals surface area contributed by atoms with Crippen molar-refractivity contribution in [1.82, 2.24) is 4.90 Å². The van der Waals surface area contributed by atoms with Crippen LogP contribution in [0.4, 0.5) is 5.69 Å². The highest BCUT2D eigenvalue weighted by Gasteiger charge is 2.27. The predicted molar refractivity (Wildman–Crippen MR) is 96.9 cm³/mol. The van der Waals surface area contributed by atoms with Gasteiger partial charge in [-0.2, -0.15) is 0 Å². The molecular formula is C20H22N2O3. The van der Waals surface area contributed by atoms with Crippen molar-refractivity contribution in [3.8, 4) is 0 Å². The van der Waals surface area contributed by atoms with Crippen molar-refractivity contribution in [2.24, 2.45) is 5.92 Å². The number of nitrogens with one attached hydrogen (secondary N) is 1. The Balaban J connectivity index is 1.57. The molecule has 3 rings (SSSR count). The van der Waals surface area contributed by atoms with Gasteiger partial charge in [0.05, 0.1) is 5.92 Å². The molecule has 1 fully saturated rings. The van der Waals surface area contributed by atoms with Crippen LogP contribution in [0.3, 0.4) is 0 Å². The summed E-state index contributed by atoms with van der Waals surface area (Å²) in [4.78, 5) is 26.5. The molecule has 0 saturated carbocycles. The van der Waals surface area contributed by atoms with Gasteiger partial charge in [0, 0.05) is 24.9 Å². The average molecular weight is 338 g/mol. The number of nitrogens with zero attached hydrogens (tertiary/aromatic N) is 1. The van der Waals surface area contributed by atoms with Gasteiger partial charge in [0.25, 0.3) is 0 Å². The topological polar surface area (TPSA) is 62.6 Å². The van der Waals surface area contributed by atoms with Gasteiger partial charge in [-0.1, -0.05) is 18.2 Å². The van der Waals surface area contributed by atoms with Crippen LogP contribution in [0.2, 0.25) is 0 Å². The number of anilines is 1. The van der Waals surface area contributed by atoms with Crippen LogP contribution in [0.25, 0.3) is 6.08 Å². The van der Waals surface area contributed by atoms with Crippen molar-refractivity contribution in [1.29, 1.82) is 0 Å². The highest BCUT2D eigenvalue weighted by molar-refractivity contribution is 5.94. The molecule has 1 unspecified atom stereocenters. The number of hydrogen-bond donors (Lipinski definition) is 1. The van der Waals surface area contributed by atoms with Crippen molar-refractivity contribution in [3.63, 3.8) is 0 Å². The standard InChI is InChI=1S/C20H22N2O3/c1-15-9-10-18(25-15)11-12-19(23)22-13-5-6-16(14-22)20(24)21-17-7-3-2-4-8-17/h2-4,7-12,16H,5-6,13-14H2,1H3,(H,21,24). The molecule has 2 amide bonds. The molecule has 25 heavy (non-hydrogen) atoms. The van der Waals surface area contributed by atoms with E-state index in [-0.39, 0.29) is 17.7 Å². The van der Waals surface area contributed by atoms with Gasteiger partial charge in [0.1, 0.15) is 11.5 Å². The van der Waals surface area contributed by atoms with Crippen LogP contribution in [0, 0.1) is 12.8 Å². The molecule has 5 nitrogen and oxygen atoms in total. The van der Waals surface area contributed by atoms with Crippen molar-refractivity contribution < 1.29 is 14.0 Å². The fourth-order valence-corrected chi connectivity index (χ4v) is 2.96. The fraction of sp³-hybridized carbons (Fsp3) is 0.300. The zero-order chi connectivity index (χ0) is 17.6. The molecule has 0 aliphatic carbocycles. The van der Waals surface area contributed by atoms with Gasteiger partial charge < -0.3 is 14.6 Å². The number of likely N-dealkylation sites (tertiary alicyclic amines) is 1. The molecule has 2 heterocycles. The minimum absolute atomic E-state index is 0.0330. The van der Waals surface area contributed by atoms with E-state index in [0.29, 0.717) is 18.8 Å². The molecule has 1 N–H and O–H groups in total. The summed E-state index contributed by atoms with van der Waals surface area (Å²) in [5.74, 6) is 1.15. The number of rotatable bonds is 4. The Bertz CT molecular complexity index is 764.